The molecule has 7 nitrogen and oxygen atoms in total. The van der Waals surface area contributed by atoms with Crippen LogP contribution < -0.4 is 9.52 Å². The van der Waals surface area contributed by atoms with E-state index in [1.54, 1.807) is 49.6 Å². The lowest BCUT2D eigenvalue weighted by atomic mass is 10.2. The fourth-order valence-corrected chi connectivity index (χ4v) is 5.61. The van der Waals surface area contributed by atoms with Crippen LogP contribution >= 0.6 is 22.9 Å². The Hall–Kier alpha value is -2.98. The van der Waals surface area contributed by atoms with Crippen molar-refractivity contribution in [3.8, 4) is 0 Å². The molecule has 0 fully saturated rings. The molecule has 0 radical (unpaired) electrons. The number of thiazole rings is 1. The van der Waals surface area contributed by atoms with Gasteiger partial charge < -0.3 is 9.30 Å². The van der Waals surface area contributed by atoms with Crippen LogP contribution in [0.1, 0.15) is 10.4 Å². The standard InChI is InChI=1S/C23H20ClN3O4S2/c1-31-13-12-27-20-11-10-17(24)15-21(20)32-23(27)25-22(28)16-6-5-7-18(14-16)26-33(29,30)19-8-3-2-4-9-19/h2-11,14-15,26H,12-13H2,1H3. The number of ether oxygens (including phenoxy) is 1. The highest BCUT2D eigenvalue weighted by atomic mass is 35.5. The first-order valence-corrected chi connectivity index (χ1v) is 12.6. The van der Waals surface area contributed by atoms with Gasteiger partial charge in [-0.15, -0.1) is 0 Å². The van der Waals surface area contributed by atoms with E-state index < -0.39 is 15.9 Å². The summed E-state index contributed by atoms with van der Waals surface area (Å²) < 4.78 is 35.7. The van der Waals surface area contributed by atoms with Gasteiger partial charge >= 0.3 is 0 Å². The van der Waals surface area contributed by atoms with Gasteiger partial charge in [-0.3, -0.25) is 9.52 Å². The van der Waals surface area contributed by atoms with Crippen molar-refractivity contribution in [1.29, 1.82) is 0 Å². The second kappa shape index (κ2) is 9.88. The lowest BCUT2D eigenvalue weighted by Gasteiger charge is -2.08. The van der Waals surface area contributed by atoms with Gasteiger partial charge in [0.05, 0.1) is 21.7 Å². The second-order valence-electron chi connectivity index (χ2n) is 7.06. The van der Waals surface area contributed by atoms with Gasteiger partial charge in [0.25, 0.3) is 15.9 Å². The highest BCUT2D eigenvalue weighted by Crippen LogP contribution is 2.22. The van der Waals surface area contributed by atoms with Crippen molar-refractivity contribution in [3.63, 3.8) is 0 Å². The van der Waals surface area contributed by atoms with Gasteiger partial charge in [-0.05, 0) is 48.5 Å². The lowest BCUT2D eigenvalue weighted by molar-refractivity contribution is 0.0997. The molecule has 0 unspecified atom stereocenters. The summed E-state index contributed by atoms with van der Waals surface area (Å²) in [5.74, 6) is -0.487. The Labute approximate surface area is 200 Å². The zero-order valence-electron chi connectivity index (χ0n) is 17.6. The smallest absolute Gasteiger partial charge is 0.279 e. The zero-order chi connectivity index (χ0) is 23.4. The first-order chi connectivity index (χ1) is 15.9. The largest absolute Gasteiger partial charge is 0.383 e. The van der Waals surface area contributed by atoms with Crippen LogP contribution in [0.25, 0.3) is 10.2 Å². The third-order valence-electron chi connectivity index (χ3n) is 4.78. The molecule has 1 N–H and O–H groups in total. The zero-order valence-corrected chi connectivity index (χ0v) is 20.0. The molecule has 3 aromatic carbocycles. The van der Waals surface area contributed by atoms with Crippen molar-refractivity contribution in [2.75, 3.05) is 18.4 Å². The molecule has 0 saturated heterocycles. The van der Waals surface area contributed by atoms with Crippen LogP contribution in [0.5, 0.6) is 0 Å². The number of halogens is 1. The summed E-state index contributed by atoms with van der Waals surface area (Å²) in [5.41, 5.74) is 1.43. The molecule has 4 aromatic rings. The minimum Gasteiger partial charge on any atom is -0.383 e. The number of sulfonamides is 1. The number of anilines is 1. The van der Waals surface area contributed by atoms with E-state index in [2.05, 4.69) is 9.71 Å². The summed E-state index contributed by atoms with van der Waals surface area (Å²) in [6.45, 7) is 0.966. The molecule has 0 aliphatic carbocycles. The molecular formula is C23H20ClN3O4S2. The molecule has 10 heteroatoms. The van der Waals surface area contributed by atoms with Crippen LogP contribution in [0.4, 0.5) is 5.69 Å². The number of methoxy groups -OCH3 is 1. The van der Waals surface area contributed by atoms with Crippen LogP contribution in [-0.2, 0) is 21.3 Å². The molecule has 0 atom stereocenters. The Kier molecular flexibility index (Phi) is 6.94. The normalized spacial score (nSPS) is 12.2. The number of rotatable bonds is 7. The molecule has 0 bridgehead atoms. The summed E-state index contributed by atoms with van der Waals surface area (Å²) in [7, 11) is -2.17. The Morgan fingerprint density at radius 1 is 1.09 bits per heavy atom. The first kappa shape index (κ1) is 23.2. The van der Waals surface area contributed by atoms with Gasteiger partial charge in [-0.1, -0.05) is 47.2 Å². The highest BCUT2D eigenvalue weighted by molar-refractivity contribution is 7.92. The summed E-state index contributed by atoms with van der Waals surface area (Å²) in [5, 5.41) is 0.596. The number of hydrogen-bond donors (Lipinski definition) is 1. The van der Waals surface area contributed by atoms with E-state index in [1.807, 2.05) is 16.7 Å². The van der Waals surface area contributed by atoms with Crippen LogP contribution in [0.3, 0.4) is 0 Å². The van der Waals surface area contributed by atoms with Crippen molar-refractivity contribution in [2.24, 2.45) is 4.99 Å². The molecule has 33 heavy (non-hydrogen) atoms. The quantitative estimate of drug-likeness (QED) is 0.402. The number of aromatic nitrogens is 1. The maximum absolute atomic E-state index is 13.0. The van der Waals surface area contributed by atoms with Crippen molar-refractivity contribution in [2.45, 2.75) is 11.4 Å². The number of nitrogens with zero attached hydrogens (tertiary/aromatic N) is 2. The number of amides is 1. The Morgan fingerprint density at radius 3 is 2.64 bits per heavy atom. The van der Waals surface area contributed by atoms with Crippen molar-refractivity contribution in [3.05, 3.63) is 88.2 Å². The first-order valence-electron chi connectivity index (χ1n) is 9.92. The number of benzene rings is 3. The van der Waals surface area contributed by atoms with E-state index in [4.69, 9.17) is 16.3 Å². The Morgan fingerprint density at radius 2 is 1.88 bits per heavy atom. The Bertz CT molecular complexity index is 1480. The maximum atomic E-state index is 13.0. The topological polar surface area (TPSA) is 89.8 Å². The van der Waals surface area contributed by atoms with Gasteiger partial charge in [0.2, 0.25) is 0 Å². The molecule has 1 amide bonds. The predicted molar refractivity (Wildman–Crippen MR) is 130 cm³/mol. The molecule has 0 spiro atoms. The third kappa shape index (κ3) is 5.33. The number of carbonyl (C=O) groups excluding carboxylic acids is 1. The van der Waals surface area contributed by atoms with Gasteiger partial charge in [-0.25, -0.2) is 8.42 Å². The Balaban J connectivity index is 1.67. The van der Waals surface area contributed by atoms with Crippen LogP contribution in [0.2, 0.25) is 5.02 Å². The average Bonchev–Trinajstić information content (AvgIpc) is 3.13. The average molecular weight is 502 g/mol. The summed E-state index contributed by atoms with van der Waals surface area (Å²) in [6.07, 6.45) is 0. The van der Waals surface area contributed by atoms with E-state index >= 15 is 0 Å². The number of fused-ring (bicyclic) bond motifs is 1. The van der Waals surface area contributed by atoms with E-state index in [-0.39, 0.29) is 16.1 Å². The van der Waals surface area contributed by atoms with Crippen molar-refractivity contribution in [1.82, 2.24) is 4.57 Å². The van der Waals surface area contributed by atoms with E-state index in [9.17, 15) is 13.2 Å². The SMILES string of the molecule is COCCn1c(=NC(=O)c2cccc(NS(=O)(=O)c3ccccc3)c2)sc2cc(Cl)ccc21. The maximum Gasteiger partial charge on any atom is 0.279 e. The van der Waals surface area contributed by atoms with Crippen molar-refractivity contribution >= 4 is 54.8 Å². The molecule has 1 aromatic heterocycles. The third-order valence-corrected chi connectivity index (χ3v) is 7.45. The van der Waals surface area contributed by atoms with Crippen LogP contribution in [0.15, 0.2) is 82.7 Å². The molecule has 0 saturated carbocycles. The van der Waals surface area contributed by atoms with Gasteiger partial charge in [0.1, 0.15) is 0 Å². The highest BCUT2D eigenvalue weighted by Gasteiger charge is 2.15. The minimum atomic E-state index is -3.77. The summed E-state index contributed by atoms with van der Waals surface area (Å²) >= 11 is 7.47. The van der Waals surface area contributed by atoms with Gasteiger partial charge in [0.15, 0.2) is 4.80 Å². The molecule has 4 rings (SSSR count). The molecule has 170 valence electrons. The fourth-order valence-electron chi connectivity index (χ4n) is 3.21. The number of nitrogens with one attached hydrogen (secondary N) is 1. The number of carbonyl (C=O) groups is 1. The van der Waals surface area contributed by atoms with Crippen molar-refractivity contribution < 1.29 is 17.9 Å². The van der Waals surface area contributed by atoms with Gasteiger partial charge in [-0.2, -0.15) is 4.99 Å². The van der Waals surface area contributed by atoms with Crippen LogP contribution in [-0.4, -0.2) is 32.6 Å². The summed E-state index contributed by atoms with van der Waals surface area (Å²) in [4.78, 5) is 17.9. The molecule has 0 aliphatic rings. The van der Waals surface area contributed by atoms with E-state index in [1.165, 1.54) is 29.5 Å². The van der Waals surface area contributed by atoms with Gasteiger partial charge in [0, 0.05) is 29.9 Å². The number of hydrogen-bond acceptors (Lipinski definition) is 5. The molecule has 1 heterocycles. The summed E-state index contributed by atoms with van der Waals surface area (Å²) in [6, 6.07) is 19.8. The van der Waals surface area contributed by atoms with Crippen LogP contribution in [0, 0.1) is 0 Å². The predicted octanol–water partition coefficient (Wildman–Crippen LogP) is 4.54. The second-order valence-corrected chi connectivity index (χ2v) is 10.2. The van der Waals surface area contributed by atoms with E-state index in [0.29, 0.717) is 23.0 Å². The monoisotopic (exact) mass is 501 g/mol. The van der Waals surface area contributed by atoms with E-state index in [0.717, 1.165) is 10.2 Å². The lowest BCUT2D eigenvalue weighted by Crippen LogP contribution is -2.19. The molecule has 0 aliphatic heterocycles. The fraction of sp³-hybridized carbons (Fsp3) is 0.130. The molecular weight excluding hydrogens is 482 g/mol. The minimum absolute atomic E-state index is 0.134.